The van der Waals surface area contributed by atoms with Crippen LogP contribution in [0.2, 0.25) is 0 Å². The third-order valence-electron chi connectivity index (χ3n) is 5.67. The fraction of sp³-hybridized carbons (Fsp3) is 0.667. The summed E-state index contributed by atoms with van der Waals surface area (Å²) in [5.74, 6) is 0. The molecule has 0 N–H and O–H groups in total. The quantitative estimate of drug-likeness (QED) is 0.195. The van der Waals surface area contributed by atoms with Crippen LogP contribution in [0.25, 0.3) is 0 Å². The molecule has 3 nitrogen and oxygen atoms in total. The van der Waals surface area contributed by atoms with Crippen molar-refractivity contribution in [2.45, 2.75) is 74.1 Å². The average Bonchev–Trinajstić information content (AvgIpc) is 3.28. The summed E-state index contributed by atoms with van der Waals surface area (Å²) in [7, 11) is 0. The molecule has 197 valence electrons. The van der Waals surface area contributed by atoms with Gasteiger partial charge in [-0.1, -0.05) is 59.8 Å². The van der Waals surface area contributed by atoms with Gasteiger partial charge in [0.05, 0.1) is 0 Å². The van der Waals surface area contributed by atoms with Gasteiger partial charge < -0.3 is 14.7 Å². The van der Waals surface area contributed by atoms with E-state index in [2.05, 4.69) is 95.1 Å². The molecule has 1 aliphatic carbocycles. The van der Waals surface area contributed by atoms with Crippen LogP contribution in [0.3, 0.4) is 0 Å². The van der Waals surface area contributed by atoms with Crippen molar-refractivity contribution in [2.75, 3.05) is 58.9 Å². The fourth-order valence-corrected chi connectivity index (χ4v) is 3.95. The standard InChI is InChI=1S/C9H13.3C7H15N.Zr/c1-2-3-6-9-7-4-5-8-9;3*1-4-7-8(5-2)6-3;/h4,7H,2-3,5-6H2,1H3;3*4H,1,5-7H2,2-3H3;. The number of allylic oxidation sites excluding steroid dienone is 4. The normalized spacial score (nSPS) is 11.9. The summed E-state index contributed by atoms with van der Waals surface area (Å²) in [5.41, 5.74) is 1.63. The van der Waals surface area contributed by atoms with Gasteiger partial charge in [-0.3, -0.25) is 0 Å². The number of hydrogen-bond acceptors (Lipinski definition) is 3. The molecule has 0 bridgehead atoms. The Bertz CT molecular complexity index is 470. The molecular formula is C30H58N3Zr. The van der Waals surface area contributed by atoms with Gasteiger partial charge in [-0.05, 0) is 39.3 Å². The summed E-state index contributed by atoms with van der Waals surface area (Å²) in [5, 5.41) is 0. The number of likely N-dealkylation sites (N-methyl/N-ethyl adjacent to an activating group) is 3. The molecule has 4 heteroatoms. The van der Waals surface area contributed by atoms with Crippen LogP contribution in [0, 0.1) is 0 Å². The first kappa shape index (κ1) is 38.0. The Morgan fingerprint density at radius 2 is 1.06 bits per heavy atom. The molecule has 0 unspecified atom stereocenters. The second-order valence-electron chi connectivity index (χ2n) is 8.04. The average molecular weight is 552 g/mol. The van der Waals surface area contributed by atoms with E-state index in [9.17, 15) is 0 Å². The van der Waals surface area contributed by atoms with Crippen molar-refractivity contribution in [2.24, 2.45) is 0 Å². The molecule has 34 heavy (non-hydrogen) atoms. The molecule has 0 aromatic rings. The first-order chi connectivity index (χ1) is 16.4. The molecule has 1 aliphatic rings. The molecule has 0 amide bonds. The number of nitrogens with zero attached hydrogens (tertiary/aromatic N) is 3. The minimum absolute atomic E-state index is 1.02. The van der Waals surface area contributed by atoms with Crippen molar-refractivity contribution < 1.29 is 24.7 Å². The Labute approximate surface area is 230 Å². The summed E-state index contributed by atoms with van der Waals surface area (Å²) in [4.78, 5) is 6.94. The summed E-state index contributed by atoms with van der Waals surface area (Å²) < 4.78 is 1.67. The van der Waals surface area contributed by atoms with E-state index >= 15 is 0 Å². The molecule has 0 heterocycles. The number of rotatable bonds is 15. The maximum atomic E-state index is 3.65. The van der Waals surface area contributed by atoms with E-state index in [1.54, 1.807) is 33.6 Å². The Hall–Kier alpha value is -0.537. The Morgan fingerprint density at radius 3 is 1.24 bits per heavy atom. The molecule has 0 atom stereocenters. The zero-order chi connectivity index (χ0) is 26.6. The third kappa shape index (κ3) is 24.6. The second kappa shape index (κ2) is 30.5. The third-order valence-corrected chi connectivity index (χ3v) is 6.96. The molecule has 0 saturated carbocycles. The van der Waals surface area contributed by atoms with E-state index in [0.29, 0.717) is 0 Å². The first-order valence-electron chi connectivity index (χ1n) is 13.5. The molecule has 1 rings (SSSR count). The van der Waals surface area contributed by atoms with Gasteiger partial charge in [-0.15, -0.1) is 19.7 Å². The molecule has 0 aromatic carbocycles. The molecule has 0 spiro atoms. The van der Waals surface area contributed by atoms with Crippen molar-refractivity contribution in [3.05, 3.63) is 59.0 Å². The van der Waals surface area contributed by atoms with Gasteiger partial charge >= 0.3 is 78.3 Å². The van der Waals surface area contributed by atoms with Crippen LogP contribution in [0.15, 0.2) is 59.0 Å². The van der Waals surface area contributed by atoms with E-state index in [1.165, 1.54) is 25.7 Å². The van der Waals surface area contributed by atoms with Gasteiger partial charge in [0.2, 0.25) is 0 Å². The van der Waals surface area contributed by atoms with E-state index in [4.69, 9.17) is 0 Å². The topological polar surface area (TPSA) is 9.72 Å². The molecule has 0 aliphatic heterocycles. The molecule has 0 saturated heterocycles. The first-order valence-corrected chi connectivity index (χ1v) is 14.7. The van der Waals surface area contributed by atoms with Crippen LogP contribution < -0.4 is 0 Å². The Balaban J connectivity index is -0.000000380. The van der Waals surface area contributed by atoms with Gasteiger partial charge in [0.15, 0.2) is 0 Å². The monoisotopic (exact) mass is 550 g/mol. The number of hydrogen-bond donors (Lipinski definition) is 0. The fourth-order valence-electron chi connectivity index (χ4n) is 3.15. The van der Waals surface area contributed by atoms with Gasteiger partial charge in [0, 0.05) is 19.6 Å². The summed E-state index contributed by atoms with van der Waals surface area (Å²) in [6.07, 6.45) is 15.6. The molecule has 0 fully saturated rings. The molecular weight excluding hydrogens is 494 g/mol. The van der Waals surface area contributed by atoms with Crippen LogP contribution in [0.4, 0.5) is 0 Å². The van der Waals surface area contributed by atoms with E-state index < -0.39 is 0 Å². The van der Waals surface area contributed by atoms with Crippen molar-refractivity contribution in [3.63, 3.8) is 0 Å². The van der Waals surface area contributed by atoms with Crippen LogP contribution in [0.5, 0.6) is 0 Å². The zero-order valence-corrected chi connectivity index (χ0v) is 26.5. The van der Waals surface area contributed by atoms with Crippen molar-refractivity contribution >= 4 is 0 Å². The van der Waals surface area contributed by atoms with Crippen LogP contribution in [0.1, 0.15) is 74.1 Å². The van der Waals surface area contributed by atoms with Crippen LogP contribution in [-0.4, -0.2) is 73.6 Å². The Morgan fingerprint density at radius 1 is 0.706 bits per heavy atom. The molecule has 0 aromatic heterocycles. The molecule has 0 radical (unpaired) electrons. The maximum absolute atomic E-state index is 3.65. The summed E-state index contributed by atoms with van der Waals surface area (Å²) >= 11 is 1.61. The summed E-state index contributed by atoms with van der Waals surface area (Å²) in [6, 6.07) is 0. The van der Waals surface area contributed by atoms with Crippen molar-refractivity contribution in [3.8, 4) is 0 Å². The summed E-state index contributed by atoms with van der Waals surface area (Å²) in [6.45, 7) is 36.0. The zero-order valence-electron chi connectivity index (χ0n) is 24.0. The van der Waals surface area contributed by atoms with Crippen molar-refractivity contribution in [1.82, 2.24) is 14.7 Å². The van der Waals surface area contributed by atoms with Gasteiger partial charge in [0.1, 0.15) is 0 Å². The predicted octanol–water partition coefficient (Wildman–Crippen LogP) is 7.48. The minimum atomic E-state index is 1.02. The van der Waals surface area contributed by atoms with E-state index in [0.717, 1.165) is 58.9 Å². The van der Waals surface area contributed by atoms with Gasteiger partial charge in [-0.25, -0.2) is 0 Å². The van der Waals surface area contributed by atoms with Crippen LogP contribution >= 0.6 is 0 Å². The SMILES string of the molecule is C=CCN(CC)CC.C=CCN(CC)CC.C=CCN(CC)CC.CCCCC1=[C]([Zr])CC=C1. The van der Waals surface area contributed by atoms with E-state index in [-0.39, 0.29) is 0 Å². The Kier molecular flexibility index (Phi) is 34.1. The van der Waals surface area contributed by atoms with Gasteiger partial charge in [-0.2, -0.15) is 0 Å². The predicted molar refractivity (Wildman–Crippen MR) is 154 cm³/mol. The van der Waals surface area contributed by atoms with Gasteiger partial charge in [0.25, 0.3) is 0 Å². The van der Waals surface area contributed by atoms with Crippen molar-refractivity contribution in [1.29, 1.82) is 0 Å². The van der Waals surface area contributed by atoms with E-state index in [1.807, 2.05) is 18.2 Å². The number of unbranched alkanes of at least 4 members (excludes halogenated alkanes) is 1. The second-order valence-corrected chi connectivity index (χ2v) is 9.52. The van der Waals surface area contributed by atoms with Crippen LogP contribution in [-0.2, 0) is 24.7 Å².